The van der Waals surface area contributed by atoms with E-state index in [1.807, 2.05) is 36.4 Å². The molecule has 5 rings (SSSR count). The van der Waals surface area contributed by atoms with E-state index < -0.39 is 5.97 Å². The summed E-state index contributed by atoms with van der Waals surface area (Å²) in [4.78, 5) is 31.4. The van der Waals surface area contributed by atoms with Crippen molar-refractivity contribution in [3.05, 3.63) is 82.7 Å². The van der Waals surface area contributed by atoms with Crippen molar-refractivity contribution in [3.8, 4) is 11.5 Å². The fraction of sp³-hybridized carbons (Fsp3) is 0.250. The lowest BCUT2D eigenvalue weighted by Crippen LogP contribution is -2.36. The second kappa shape index (κ2) is 11.6. The van der Waals surface area contributed by atoms with Crippen LogP contribution in [0, 0.1) is 0 Å². The summed E-state index contributed by atoms with van der Waals surface area (Å²) >= 11 is 1.33. The van der Waals surface area contributed by atoms with Gasteiger partial charge in [-0.05, 0) is 72.6 Å². The van der Waals surface area contributed by atoms with E-state index in [9.17, 15) is 9.59 Å². The summed E-state index contributed by atoms with van der Waals surface area (Å²) in [5.74, 6) is -0.114. The molecule has 1 N–H and O–H groups in total. The molecule has 0 aliphatic carbocycles. The molecule has 0 saturated carbocycles. The second-order valence-electron chi connectivity index (χ2n) is 8.66. The van der Waals surface area contributed by atoms with Crippen LogP contribution in [-0.4, -0.2) is 53.4 Å². The molecule has 0 unspecified atom stereocenters. The molecule has 196 valence electrons. The average molecular weight is 535 g/mol. The molecule has 9 nitrogen and oxygen atoms in total. The highest BCUT2D eigenvalue weighted by Crippen LogP contribution is 2.36. The average Bonchev–Trinajstić information content (AvgIpc) is 3.67. The smallest absolute Gasteiger partial charge is 0.371 e. The number of carboxylic acid groups (broad SMARTS) is 1. The lowest BCUT2D eigenvalue weighted by atomic mass is 10.1. The van der Waals surface area contributed by atoms with Crippen LogP contribution in [-0.2, 0) is 16.1 Å². The number of amidine groups is 1. The molecule has 0 spiro atoms. The van der Waals surface area contributed by atoms with Gasteiger partial charge in [0.25, 0.3) is 5.91 Å². The zero-order valence-corrected chi connectivity index (χ0v) is 21.5. The molecule has 0 bridgehead atoms. The van der Waals surface area contributed by atoms with Crippen LogP contribution >= 0.6 is 11.8 Å². The van der Waals surface area contributed by atoms with Crippen LogP contribution in [0.25, 0.3) is 6.08 Å². The third-order valence-electron chi connectivity index (χ3n) is 6.01. The number of furan rings is 1. The van der Waals surface area contributed by atoms with Crippen molar-refractivity contribution >= 4 is 40.6 Å². The Bertz CT molecular complexity index is 1380. The van der Waals surface area contributed by atoms with Crippen molar-refractivity contribution in [3.63, 3.8) is 0 Å². The van der Waals surface area contributed by atoms with Gasteiger partial charge in [-0.3, -0.25) is 9.69 Å². The molecule has 3 heterocycles. The highest BCUT2D eigenvalue weighted by molar-refractivity contribution is 8.18. The maximum absolute atomic E-state index is 13.4. The number of aliphatic imine (C=N–C) groups is 1. The third-order valence-corrected chi connectivity index (χ3v) is 7.01. The summed E-state index contributed by atoms with van der Waals surface area (Å²) in [7, 11) is 1.53. The van der Waals surface area contributed by atoms with E-state index in [2.05, 4.69) is 0 Å². The van der Waals surface area contributed by atoms with Gasteiger partial charge in [0.15, 0.2) is 16.7 Å². The highest BCUT2D eigenvalue weighted by Gasteiger charge is 2.36. The van der Waals surface area contributed by atoms with Gasteiger partial charge in [-0.2, -0.15) is 0 Å². The number of ether oxygens (including phenoxy) is 3. The highest BCUT2D eigenvalue weighted by atomic mass is 32.2. The van der Waals surface area contributed by atoms with E-state index in [-0.39, 0.29) is 24.4 Å². The zero-order valence-electron chi connectivity index (χ0n) is 20.7. The van der Waals surface area contributed by atoms with E-state index in [1.54, 1.807) is 29.2 Å². The lowest BCUT2D eigenvalue weighted by molar-refractivity contribution is -0.123. The fourth-order valence-corrected chi connectivity index (χ4v) is 5.13. The molecule has 3 aromatic rings. The minimum Gasteiger partial charge on any atom is -0.493 e. The Morgan fingerprint density at radius 1 is 1.18 bits per heavy atom. The van der Waals surface area contributed by atoms with Gasteiger partial charge in [-0.15, -0.1) is 0 Å². The van der Waals surface area contributed by atoms with Gasteiger partial charge in [0.2, 0.25) is 5.76 Å². The minimum absolute atomic E-state index is 0.00265. The number of thioether (sulfide) groups is 1. The Kier molecular flexibility index (Phi) is 7.81. The van der Waals surface area contributed by atoms with Crippen LogP contribution in [0.5, 0.6) is 11.5 Å². The minimum atomic E-state index is -1.14. The number of carboxylic acids is 1. The largest absolute Gasteiger partial charge is 0.493 e. The van der Waals surface area contributed by atoms with Gasteiger partial charge >= 0.3 is 5.97 Å². The number of amides is 1. The number of aromatic carboxylic acids is 1. The Balaban J connectivity index is 1.35. The number of benzene rings is 2. The van der Waals surface area contributed by atoms with E-state index in [0.29, 0.717) is 40.5 Å². The van der Waals surface area contributed by atoms with Crippen LogP contribution in [0.4, 0.5) is 5.69 Å². The molecule has 2 fully saturated rings. The number of carbonyl (C=O) groups excluding carboxylic acids is 1. The number of methoxy groups -OCH3 is 1. The van der Waals surface area contributed by atoms with Crippen LogP contribution in [0.1, 0.15) is 34.7 Å². The Morgan fingerprint density at radius 3 is 2.74 bits per heavy atom. The normalized spacial score (nSPS) is 19.4. The van der Waals surface area contributed by atoms with Gasteiger partial charge in [0.1, 0.15) is 12.4 Å². The van der Waals surface area contributed by atoms with Gasteiger partial charge < -0.3 is 23.7 Å². The quantitative estimate of drug-likeness (QED) is 0.366. The van der Waals surface area contributed by atoms with Crippen molar-refractivity contribution in [2.24, 2.45) is 4.99 Å². The van der Waals surface area contributed by atoms with Crippen LogP contribution < -0.4 is 9.47 Å². The molecule has 1 amide bonds. The van der Waals surface area contributed by atoms with Crippen molar-refractivity contribution < 1.29 is 33.3 Å². The van der Waals surface area contributed by atoms with Crippen molar-refractivity contribution in [1.82, 2.24) is 4.90 Å². The van der Waals surface area contributed by atoms with E-state index in [0.717, 1.165) is 24.1 Å². The van der Waals surface area contributed by atoms with Crippen LogP contribution in [0.15, 0.2) is 75.0 Å². The van der Waals surface area contributed by atoms with Crippen molar-refractivity contribution in [2.45, 2.75) is 25.6 Å². The zero-order chi connectivity index (χ0) is 26.5. The van der Waals surface area contributed by atoms with Gasteiger partial charge in [0.05, 0.1) is 30.4 Å². The number of nitrogens with zero attached hydrogens (tertiary/aromatic N) is 2. The molecule has 38 heavy (non-hydrogen) atoms. The first-order valence-electron chi connectivity index (χ1n) is 12.1. The summed E-state index contributed by atoms with van der Waals surface area (Å²) in [5.41, 5.74) is 1.53. The molecule has 2 saturated heterocycles. The predicted molar refractivity (Wildman–Crippen MR) is 143 cm³/mol. The molecular weight excluding hydrogens is 508 g/mol. The molecule has 0 radical (unpaired) electrons. The molecule has 2 aliphatic heterocycles. The van der Waals surface area contributed by atoms with Gasteiger partial charge in [-0.25, -0.2) is 9.79 Å². The first-order chi connectivity index (χ1) is 18.5. The van der Waals surface area contributed by atoms with E-state index in [4.69, 9.17) is 28.7 Å². The summed E-state index contributed by atoms with van der Waals surface area (Å²) in [6, 6.07) is 17.8. The molecule has 1 aromatic heterocycles. The third kappa shape index (κ3) is 5.92. The summed E-state index contributed by atoms with van der Waals surface area (Å²) in [6.07, 6.45) is 3.71. The summed E-state index contributed by atoms with van der Waals surface area (Å²) < 4.78 is 22.3. The molecule has 10 heteroatoms. The van der Waals surface area contributed by atoms with Crippen LogP contribution in [0.2, 0.25) is 0 Å². The number of hydrogen-bond donors (Lipinski definition) is 1. The van der Waals surface area contributed by atoms with Crippen molar-refractivity contribution in [2.75, 3.05) is 20.3 Å². The Morgan fingerprint density at radius 2 is 2.03 bits per heavy atom. The van der Waals surface area contributed by atoms with E-state index >= 15 is 0 Å². The summed E-state index contributed by atoms with van der Waals surface area (Å²) in [5, 5.41) is 9.63. The lowest BCUT2D eigenvalue weighted by Gasteiger charge is -2.19. The number of rotatable bonds is 9. The molecular formula is C28H26N2O7S. The number of carbonyl (C=O) groups is 2. The molecule has 1 atom stereocenters. The van der Waals surface area contributed by atoms with E-state index in [1.165, 1.54) is 24.9 Å². The number of hydrogen-bond acceptors (Lipinski definition) is 8. The first kappa shape index (κ1) is 25.6. The van der Waals surface area contributed by atoms with Crippen molar-refractivity contribution in [1.29, 1.82) is 0 Å². The molecule has 2 aromatic carbocycles. The summed E-state index contributed by atoms with van der Waals surface area (Å²) in [6.45, 7) is 1.21. The Labute approximate surface area is 223 Å². The fourth-order valence-electron chi connectivity index (χ4n) is 4.12. The standard InChI is InChI=1S/C28H26N2O7S/c1-34-24-14-18(9-11-22(24)36-17-21-10-12-23(37-21)27(32)33)15-25-26(31)30(16-20-8-5-13-35-20)28(38-25)29-19-6-3-2-4-7-19/h2-4,6-7,9-12,14-15,20H,5,8,13,16-17H2,1H3,(H,32,33)/b25-15-,29-28?/t20-/m1/s1. The predicted octanol–water partition coefficient (Wildman–Crippen LogP) is 5.35. The topological polar surface area (TPSA) is 111 Å². The van der Waals surface area contributed by atoms with Gasteiger partial charge in [0, 0.05) is 6.61 Å². The second-order valence-corrected chi connectivity index (χ2v) is 9.67. The first-order valence-corrected chi connectivity index (χ1v) is 12.9. The van der Waals surface area contributed by atoms with Crippen LogP contribution in [0.3, 0.4) is 0 Å². The maximum Gasteiger partial charge on any atom is 0.371 e. The number of para-hydroxylation sites is 1. The maximum atomic E-state index is 13.4. The molecule has 2 aliphatic rings. The SMILES string of the molecule is COc1cc(/C=C2\SC(=Nc3ccccc3)N(C[C@H]3CCCO3)C2=O)ccc1OCc1ccc(C(=O)O)o1. The van der Waals surface area contributed by atoms with Gasteiger partial charge in [-0.1, -0.05) is 24.3 Å². The Hall–Kier alpha value is -4.02. The monoisotopic (exact) mass is 534 g/mol.